The average Bonchev–Trinajstić information content (AvgIpc) is 2.87. The third-order valence-corrected chi connectivity index (χ3v) is 5.89. The van der Waals surface area contributed by atoms with Crippen molar-refractivity contribution in [3.63, 3.8) is 0 Å². The van der Waals surface area contributed by atoms with Gasteiger partial charge in [0.2, 0.25) is 5.92 Å². The number of nitrogens with one attached hydrogen (secondary N) is 1. The van der Waals surface area contributed by atoms with Crippen molar-refractivity contribution in [2.24, 2.45) is 0 Å². The van der Waals surface area contributed by atoms with Crippen LogP contribution in [-0.4, -0.2) is 34.0 Å². The zero-order chi connectivity index (χ0) is 22.4. The third-order valence-electron chi connectivity index (χ3n) is 5.61. The maximum atomic E-state index is 14.0. The molecule has 4 rings (SSSR count). The molecule has 0 bridgehead atoms. The van der Waals surface area contributed by atoms with Crippen molar-refractivity contribution in [3.05, 3.63) is 51.5 Å². The summed E-state index contributed by atoms with van der Waals surface area (Å²) in [7, 11) is 0. The number of nitrogens with zero attached hydrogens (tertiary/aromatic N) is 3. The summed E-state index contributed by atoms with van der Waals surface area (Å²) in [5.74, 6) is -2.12. The molecule has 0 atom stereocenters. The van der Waals surface area contributed by atoms with Crippen molar-refractivity contribution in [2.45, 2.75) is 51.4 Å². The molecule has 0 aliphatic carbocycles. The van der Waals surface area contributed by atoms with Crippen molar-refractivity contribution in [3.8, 4) is 11.3 Å². The Morgan fingerprint density at radius 1 is 1.19 bits per heavy atom. The van der Waals surface area contributed by atoms with Crippen LogP contribution in [0.1, 0.15) is 45.7 Å². The van der Waals surface area contributed by atoms with Crippen LogP contribution in [0.2, 0.25) is 5.02 Å². The fourth-order valence-corrected chi connectivity index (χ4v) is 4.39. The number of halogens is 3. The van der Waals surface area contributed by atoms with Crippen LogP contribution in [0.15, 0.2) is 35.4 Å². The number of H-pyrrole nitrogens is 1. The maximum Gasteiger partial charge on any atom is 0.249 e. The largest absolute Gasteiger partial charge is 0.356 e. The number of aromatic amines is 1. The fraction of sp³-hybridized carbons (Fsp3) is 0.435. The number of alkyl halides is 2. The molecule has 0 unspecified atom stereocenters. The fourth-order valence-electron chi connectivity index (χ4n) is 3.95. The van der Waals surface area contributed by atoms with Gasteiger partial charge in [0.15, 0.2) is 5.43 Å². The minimum atomic E-state index is -2.68. The molecule has 1 aliphatic heterocycles. The number of pyridine rings is 3. The Morgan fingerprint density at radius 2 is 1.97 bits per heavy atom. The molecule has 3 aromatic rings. The summed E-state index contributed by atoms with van der Waals surface area (Å²) in [5, 5.41) is 0.953. The van der Waals surface area contributed by atoms with E-state index in [9.17, 15) is 13.6 Å². The van der Waals surface area contributed by atoms with Crippen molar-refractivity contribution in [1.82, 2.24) is 15.0 Å². The molecule has 0 spiro atoms. The van der Waals surface area contributed by atoms with Crippen molar-refractivity contribution < 1.29 is 8.78 Å². The highest BCUT2D eigenvalue weighted by Crippen LogP contribution is 2.38. The van der Waals surface area contributed by atoms with E-state index in [-0.39, 0.29) is 30.2 Å². The van der Waals surface area contributed by atoms with Gasteiger partial charge in [-0.05, 0) is 18.6 Å². The highest BCUT2D eigenvalue weighted by atomic mass is 35.5. The molecule has 31 heavy (non-hydrogen) atoms. The average molecular weight is 447 g/mol. The second-order valence-electron chi connectivity index (χ2n) is 9.11. The lowest BCUT2D eigenvalue weighted by molar-refractivity contribution is -0.0102. The van der Waals surface area contributed by atoms with E-state index in [1.54, 1.807) is 18.3 Å². The molecule has 1 aliphatic rings. The van der Waals surface area contributed by atoms with E-state index >= 15 is 0 Å². The van der Waals surface area contributed by atoms with Crippen LogP contribution in [-0.2, 0) is 5.41 Å². The molecule has 4 heterocycles. The SMILES string of the molecule is CC(C)(C)c1nc(N2CCCC(F)(F)CC2)c(-c2cc(=O)c3cnccc3[nH]2)cc1Cl. The number of fused-ring (bicyclic) bond motifs is 1. The van der Waals surface area contributed by atoms with E-state index < -0.39 is 5.92 Å². The van der Waals surface area contributed by atoms with E-state index in [0.717, 1.165) is 0 Å². The van der Waals surface area contributed by atoms with Gasteiger partial charge in [-0.3, -0.25) is 9.78 Å². The molecule has 0 amide bonds. The predicted molar refractivity (Wildman–Crippen MR) is 120 cm³/mol. The normalized spacial score (nSPS) is 17.0. The standard InChI is InChI=1S/C23H25ClF2N4O/c1-22(2,3)20-16(24)11-14(18-12-19(31)15-13-27-8-5-17(15)28-18)21(29-20)30-9-4-6-23(25,26)7-10-30/h5,8,11-13H,4,6-7,9-10H2,1-3H3,(H,28,31). The van der Waals surface area contributed by atoms with E-state index in [1.165, 1.54) is 12.3 Å². The molecule has 1 fully saturated rings. The predicted octanol–water partition coefficient (Wildman–Crippen LogP) is 5.56. The monoisotopic (exact) mass is 446 g/mol. The van der Waals surface area contributed by atoms with Gasteiger partial charge in [-0.1, -0.05) is 32.4 Å². The summed E-state index contributed by atoms with van der Waals surface area (Å²) in [4.78, 5) is 26.7. The Bertz CT molecular complexity index is 1190. The Labute approximate surface area is 184 Å². The van der Waals surface area contributed by atoms with Crippen LogP contribution in [0.3, 0.4) is 0 Å². The molecule has 164 valence electrons. The molecular weight excluding hydrogens is 422 g/mol. The molecular formula is C23H25ClF2N4O. The highest BCUT2D eigenvalue weighted by molar-refractivity contribution is 6.31. The summed E-state index contributed by atoms with van der Waals surface area (Å²) in [6.07, 6.45) is 3.11. The lowest BCUT2D eigenvalue weighted by Gasteiger charge is -2.28. The van der Waals surface area contributed by atoms with Crippen molar-refractivity contribution in [1.29, 1.82) is 0 Å². The molecule has 1 N–H and O–H groups in total. The number of hydrogen-bond acceptors (Lipinski definition) is 4. The second-order valence-corrected chi connectivity index (χ2v) is 9.51. The van der Waals surface area contributed by atoms with Gasteiger partial charge in [0.05, 0.1) is 27.3 Å². The molecule has 3 aromatic heterocycles. The first kappa shape index (κ1) is 21.7. The molecule has 8 heteroatoms. The van der Waals surface area contributed by atoms with E-state index in [2.05, 4.69) is 9.97 Å². The van der Waals surface area contributed by atoms with Crippen molar-refractivity contribution in [2.75, 3.05) is 18.0 Å². The Morgan fingerprint density at radius 3 is 2.71 bits per heavy atom. The van der Waals surface area contributed by atoms with Crippen LogP contribution < -0.4 is 10.3 Å². The van der Waals surface area contributed by atoms with Gasteiger partial charge >= 0.3 is 0 Å². The first-order chi connectivity index (χ1) is 14.5. The van der Waals surface area contributed by atoms with Gasteiger partial charge in [-0.25, -0.2) is 13.8 Å². The summed E-state index contributed by atoms with van der Waals surface area (Å²) >= 11 is 6.61. The van der Waals surface area contributed by atoms with Gasteiger partial charge in [-0.15, -0.1) is 0 Å². The Hall–Kier alpha value is -2.54. The number of rotatable bonds is 2. The molecule has 0 radical (unpaired) electrons. The molecule has 0 saturated carbocycles. The number of aromatic nitrogens is 3. The molecule has 1 saturated heterocycles. The van der Waals surface area contributed by atoms with Gasteiger partial charge < -0.3 is 9.88 Å². The smallest absolute Gasteiger partial charge is 0.249 e. The lowest BCUT2D eigenvalue weighted by Crippen LogP contribution is -2.28. The highest BCUT2D eigenvalue weighted by Gasteiger charge is 2.33. The van der Waals surface area contributed by atoms with Crippen LogP contribution >= 0.6 is 11.6 Å². The molecule has 0 aromatic carbocycles. The first-order valence-electron chi connectivity index (χ1n) is 10.4. The minimum Gasteiger partial charge on any atom is -0.356 e. The zero-order valence-electron chi connectivity index (χ0n) is 17.8. The van der Waals surface area contributed by atoms with E-state index in [4.69, 9.17) is 16.6 Å². The summed E-state index contributed by atoms with van der Waals surface area (Å²) < 4.78 is 28.0. The number of anilines is 1. The Balaban J connectivity index is 1.91. The summed E-state index contributed by atoms with van der Waals surface area (Å²) in [6.45, 7) is 6.66. The Kier molecular flexibility index (Phi) is 5.50. The first-order valence-corrected chi connectivity index (χ1v) is 10.7. The molecule has 5 nitrogen and oxygen atoms in total. The van der Waals surface area contributed by atoms with E-state index in [0.29, 0.717) is 51.7 Å². The van der Waals surface area contributed by atoms with Gasteiger partial charge in [0, 0.05) is 55.4 Å². The second kappa shape index (κ2) is 7.86. The van der Waals surface area contributed by atoms with E-state index in [1.807, 2.05) is 25.7 Å². The quantitative estimate of drug-likeness (QED) is 0.559. The maximum absolute atomic E-state index is 14.0. The van der Waals surface area contributed by atoms with Crippen LogP contribution in [0.4, 0.5) is 14.6 Å². The van der Waals surface area contributed by atoms with Gasteiger partial charge in [-0.2, -0.15) is 0 Å². The van der Waals surface area contributed by atoms with Crippen LogP contribution in [0.5, 0.6) is 0 Å². The summed E-state index contributed by atoms with van der Waals surface area (Å²) in [6, 6.07) is 5.00. The minimum absolute atomic E-state index is 0.141. The number of hydrogen-bond donors (Lipinski definition) is 1. The van der Waals surface area contributed by atoms with Gasteiger partial charge in [0.1, 0.15) is 5.82 Å². The topological polar surface area (TPSA) is 61.9 Å². The lowest BCUT2D eigenvalue weighted by atomic mass is 9.91. The zero-order valence-corrected chi connectivity index (χ0v) is 18.6. The van der Waals surface area contributed by atoms with Gasteiger partial charge in [0.25, 0.3) is 0 Å². The van der Waals surface area contributed by atoms with Crippen LogP contribution in [0, 0.1) is 0 Å². The summed E-state index contributed by atoms with van der Waals surface area (Å²) in [5.41, 5.74) is 1.99. The van der Waals surface area contributed by atoms with Crippen LogP contribution in [0.25, 0.3) is 22.2 Å². The van der Waals surface area contributed by atoms with Crippen molar-refractivity contribution >= 4 is 28.3 Å². The third kappa shape index (κ3) is 4.42.